The largest absolute Gasteiger partial charge is 0.355 e. The molecule has 0 aliphatic carbocycles. The highest BCUT2D eigenvalue weighted by molar-refractivity contribution is 9.10. The van der Waals surface area contributed by atoms with Crippen molar-refractivity contribution < 1.29 is 0 Å². The van der Waals surface area contributed by atoms with E-state index in [1.165, 1.54) is 53.1 Å². The molecule has 0 saturated heterocycles. The van der Waals surface area contributed by atoms with Gasteiger partial charge in [0.25, 0.3) is 0 Å². The fraction of sp³-hybridized carbons (Fsp3) is 0.294. The van der Waals surface area contributed by atoms with Crippen LogP contribution in [0.3, 0.4) is 0 Å². The summed E-state index contributed by atoms with van der Waals surface area (Å²) < 4.78 is 1.13. The van der Waals surface area contributed by atoms with Gasteiger partial charge in [-0.05, 0) is 42.7 Å². The van der Waals surface area contributed by atoms with Gasteiger partial charge in [0, 0.05) is 26.3 Å². The molecule has 0 spiro atoms. The third-order valence-electron chi connectivity index (χ3n) is 3.69. The van der Waals surface area contributed by atoms with E-state index >= 15 is 0 Å². The van der Waals surface area contributed by atoms with Crippen LogP contribution in [0.5, 0.6) is 0 Å². The number of unbranched alkanes of at least 4 members (excludes halogenated alkanes) is 2. The predicted molar refractivity (Wildman–Crippen MR) is 86.7 cm³/mol. The van der Waals surface area contributed by atoms with E-state index in [-0.39, 0.29) is 0 Å². The molecular formula is C17H18BrN. The Bertz CT molecular complexity index is 712. The summed E-state index contributed by atoms with van der Waals surface area (Å²) >= 11 is 3.55. The van der Waals surface area contributed by atoms with Crippen LogP contribution in [0.2, 0.25) is 0 Å². The van der Waals surface area contributed by atoms with E-state index in [2.05, 4.69) is 64.2 Å². The smallest absolute Gasteiger partial charge is 0.0467 e. The Morgan fingerprint density at radius 1 is 0.947 bits per heavy atom. The van der Waals surface area contributed by atoms with E-state index in [0.29, 0.717) is 0 Å². The quantitative estimate of drug-likeness (QED) is 0.584. The van der Waals surface area contributed by atoms with E-state index in [1.54, 1.807) is 0 Å². The Morgan fingerprint density at radius 2 is 1.84 bits per heavy atom. The molecule has 1 nitrogen and oxygen atoms in total. The van der Waals surface area contributed by atoms with Gasteiger partial charge in [-0.3, -0.25) is 0 Å². The van der Waals surface area contributed by atoms with Gasteiger partial charge in [0.15, 0.2) is 0 Å². The summed E-state index contributed by atoms with van der Waals surface area (Å²) in [6.07, 6.45) is 5.07. The fourth-order valence-electron chi connectivity index (χ4n) is 2.66. The van der Waals surface area contributed by atoms with Crippen molar-refractivity contribution in [3.05, 3.63) is 46.4 Å². The van der Waals surface area contributed by atoms with Gasteiger partial charge >= 0.3 is 0 Å². The minimum absolute atomic E-state index is 1.13. The molecule has 0 saturated carbocycles. The molecule has 3 rings (SSSR count). The number of halogens is 1. The van der Waals surface area contributed by atoms with Crippen LogP contribution in [0, 0.1) is 0 Å². The molecule has 0 atom stereocenters. The average Bonchev–Trinajstić information content (AvgIpc) is 2.76. The Kier molecular flexibility index (Phi) is 3.61. The molecule has 0 radical (unpaired) electrons. The molecule has 2 aromatic carbocycles. The number of aromatic nitrogens is 1. The van der Waals surface area contributed by atoms with Crippen LogP contribution in [0.1, 0.15) is 31.7 Å². The van der Waals surface area contributed by atoms with Crippen LogP contribution in [-0.2, 0) is 6.42 Å². The van der Waals surface area contributed by atoms with Crippen LogP contribution in [0.4, 0.5) is 0 Å². The zero-order valence-corrected chi connectivity index (χ0v) is 12.8. The van der Waals surface area contributed by atoms with Crippen molar-refractivity contribution in [2.45, 2.75) is 32.6 Å². The minimum Gasteiger partial charge on any atom is -0.355 e. The molecular weight excluding hydrogens is 298 g/mol. The molecule has 2 heteroatoms. The number of H-pyrrole nitrogens is 1. The van der Waals surface area contributed by atoms with Gasteiger partial charge in [0.2, 0.25) is 0 Å². The third kappa shape index (κ3) is 2.55. The summed E-state index contributed by atoms with van der Waals surface area (Å²) in [6, 6.07) is 13.2. The number of benzene rings is 2. The van der Waals surface area contributed by atoms with Crippen molar-refractivity contribution in [1.29, 1.82) is 0 Å². The van der Waals surface area contributed by atoms with Gasteiger partial charge in [-0.1, -0.05) is 47.8 Å². The first kappa shape index (κ1) is 12.7. The van der Waals surface area contributed by atoms with Gasteiger partial charge < -0.3 is 4.98 Å². The van der Waals surface area contributed by atoms with Gasteiger partial charge in [-0.25, -0.2) is 0 Å². The first-order valence-corrected chi connectivity index (χ1v) is 7.77. The van der Waals surface area contributed by atoms with Gasteiger partial charge in [0.05, 0.1) is 0 Å². The highest BCUT2D eigenvalue weighted by Gasteiger charge is 2.05. The first-order chi connectivity index (χ1) is 9.28. The molecule has 0 bridgehead atoms. The van der Waals surface area contributed by atoms with Gasteiger partial charge in [0.1, 0.15) is 0 Å². The third-order valence-corrected chi connectivity index (χ3v) is 4.19. The molecule has 98 valence electrons. The topological polar surface area (TPSA) is 15.8 Å². The maximum Gasteiger partial charge on any atom is 0.0467 e. The second kappa shape index (κ2) is 5.38. The Labute approximate surface area is 122 Å². The summed E-state index contributed by atoms with van der Waals surface area (Å²) in [7, 11) is 0. The van der Waals surface area contributed by atoms with Crippen LogP contribution < -0.4 is 0 Å². The lowest BCUT2D eigenvalue weighted by atomic mass is 10.0. The lowest BCUT2D eigenvalue weighted by molar-refractivity contribution is 0.718. The molecule has 1 aromatic heterocycles. The molecule has 0 unspecified atom stereocenters. The number of rotatable bonds is 4. The Balaban J connectivity index is 2.01. The van der Waals surface area contributed by atoms with Crippen molar-refractivity contribution in [3.63, 3.8) is 0 Å². The summed E-state index contributed by atoms with van der Waals surface area (Å²) in [5, 5.41) is 2.61. The molecule has 1 N–H and O–H groups in total. The highest BCUT2D eigenvalue weighted by atomic mass is 79.9. The van der Waals surface area contributed by atoms with Crippen LogP contribution >= 0.6 is 15.9 Å². The molecule has 3 aromatic rings. The Hall–Kier alpha value is -1.28. The van der Waals surface area contributed by atoms with Gasteiger partial charge in [-0.15, -0.1) is 0 Å². The number of fused-ring (bicyclic) bond motifs is 3. The summed E-state index contributed by atoms with van der Waals surface area (Å²) in [6.45, 7) is 2.25. The monoisotopic (exact) mass is 315 g/mol. The van der Waals surface area contributed by atoms with Crippen molar-refractivity contribution >= 4 is 37.7 Å². The second-order valence-electron chi connectivity index (χ2n) is 5.15. The van der Waals surface area contributed by atoms with Crippen molar-refractivity contribution in [2.24, 2.45) is 0 Å². The minimum atomic E-state index is 1.13. The van der Waals surface area contributed by atoms with Crippen LogP contribution in [0.25, 0.3) is 21.8 Å². The summed E-state index contributed by atoms with van der Waals surface area (Å²) in [5.41, 5.74) is 3.90. The number of aryl methyl sites for hydroxylation is 1. The van der Waals surface area contributed by atoms with E-state index in [9.17, 15) is 0 Å². The lowest BCUT2D eigenvalue weighted by Crippen LogP contribution is -1.85. The molecule has 0 aliphatic heterocycles. The number of nitrogens with one attached hydrogen (secondary N) is 1. The number of hydrogen-bond donors (Lipinski definition) is 1. The molecule has 19 heavy (non-hydrogen) atoms. The van der Waals surface area contributed by atoms with E-state index in [1.807, 2.05) is 0 Å². The van der Waals surface area contributed by atoms with E-state index in [4.69, 9.17) is 0 Å². The molecule has 0 fully saturated rings. The maximum atomic E-state index is 3.55. The van der Waals surface area contributed by atoms with Crippen molar-refractivity contribution in [2.75, 3.05) is 0 Å². The standard InChI is InChI=1S/C17H18BrN/c1-2-3-4-5-12-6-8-14-15-11-13(18)7-9-16(15)19-17(14)10-12/h6-11,19H,2-5H2,1H3. The van der Waals surface area contributed by atoms with E-state index in [0.717, 1.165) is 4.47 Å². The van der Waals surface area contributed by atoms with E-state index < -0.39 is 0 Å². The van der Waals surface area contributed by atoms with Crippen LogP contribution in [0.15, 0.2) is 40.9 Å². The van der Waals surface area contributed by atoms with Crippen molar-refractivity contribution in [1.82, 2.24) is 4.98 Å². The zero-order chi connectivity index (χ0) is 13.2. The summed E-state index contributed by atoms with van der Waals surface area (Å²) in [5.74, 6) is 0. The predicted octanol–water partition coefficient (Wildman–Crippen LogP) is 5.82. The molecule has 0 amide bonds. The normalized spacial score (nSPS) is 11.5. The maximum absolute atomic E-state index is 3.55. The number of hydrogen-bond acceptors (Lipinski definition) is 0. The summed E-state index contributed by atoms with van der Waals surface area (Å²) in [4.78, 5) is 3.52. The van der Waals surface area contributed by atoms with Crippen molar-refractivity contribution in [3.8, 4) is 0 Å². The zero-order valence-electron chi connectivity index (χ0n) is 11.2. The number of aromatic amines is 1. The first-order valence-electron chi connectivity index (χ1n) is 6.98. The lowest BCUT2D eigenvalue weighted by Gasteiger charge is -2.01. The average molecular weight is 316 g/mol. The SMILES string of the molecule is CCCCCc1ccc2c(c1)[nH]c1ccc(Br)cc12. The molecule has 0 aliphatic rings. The van der Waals surface area contributed by atoms with Crippen LogP contribution in [-0.4, -0.2) is 4.98 Å². The second-order valence-corrected chi connectivity index (χ2v) is 6.07. The highest BCUT2D eigenvalue weighted by Crippen LogP contribution is 2.28. The molecule has 1 heterocycles. The fourth-order valence-corrected chi connectivity index (χ4v) is 3.02. The Morgan fingerprint density at radius 3 is 2.68 bits per heavy atom. The van der Waals surface area contributed by atoms with Gasteiger partial charge in [-0.2, -0.15) is 0 Å².